The SMILES string of the molecule is CCCN(Cc1ccsc1)C(=O)Nc1cccc(C(F)(F)F)c1. The Morgan fingerprint density at radius 3 is 2.70 bits per heavy atom. The second-order valence-corrected chi connectivity index (χ2v) is 5.84. The highest BCUT2D eigenvalue weighted by Gasteiger charge is 2.30. The summed E-state index contributed by atoms with van der Waals surface area (Å²) in [6, 6.07) is 6.16. The highest BCUT2D eigenvalue weighted by molar-refractivity contribution is 7.07. The molecule has 0 radical (unpaired) electrons. The lowest BCUT2D eigenvalue weighted by Crippen LogP contribution is -2.35. The number of halogens is 3. The number of amides is 2. The van der Waals surface area contributed by atoms with Gasteiger partial charge >= 0.3 is 12.2 Å². The first-order chi connectivity index (χ1) is 10.9. The maximum Gasteiger partial charge on any atom is 0.416 e. The summed E-state index contributed by atoms with van der Waals surface area (Å²) in [5.74, 6) is 0. The number of nitrogens with zero attached hydrogens (tertiary/aromatic N) is 1. The van der Waals surface area contributed by atoms with Crippen molar-refractivity contribution in [1.82, 2.24) is 4.90 Å². The molecule has 0 atom stereocenters. The molecule has 0 bridgehead atoms. The molecule has 1 aromatic heterocycles. The average molecular weight is 342 g/mol. The summed E-state index contributed by atoms with van der Waals surface area (Å²) in [5, 5.41) is 6.41. The molecule has 0 aliphatic heterocycles. The van der Waals surface area contributed by atoms with Gasteiger partial charge in [0.05, 0.1) is 5.56 Å². The molecule has 1 heterocycles. The van der Waals surface area contributed by atoms with E-state index < -0.39 is 17.8 Å². The van der Waals surface area contributed by atoms with Crippen LogP contribution in [0.4, 0.5) is 23.7 Å². The van der Waals surface area contributed by atoms with Gasteiger partial charge in [0.1, 0.15) is 0 Å². The summed E-state index contributed by atoms with van der Waals surface area (Å²) in [7, 11) is 0. The zero-order valence-corrected chi connectivity index (χ0v) is 13.4. The zero-order valence-electron chi connectivity index (χ0n) is 12.6. The number of urea groups is 1. The number of alkyl halides is 3. The number of thiophene rings is 1. The standard InChI is InChI=1S/C16H17F3N2OS/c1-2-7-21(10-12-6-8-23-11-12)15(22)20-14-5-3-4-13(9-14)16(17,18)19/h3-6,8-9,11H,2,7,10H2,1H3,(H,20,22). The summed E-state index contributed by atoms with van der Waals surface area (Å²) >= 11 is 1.54. The third-order valence-corrected chi connectivity index (χ3v) is 3.91. The van der Waals surface area contributed by atoms with Crippen molar-refractivity contribution in [2.45, 2.75) is 26.1 Å². The van der Waals surface area contributed by atoms with Gasteiger partial charge in [-0.25, -0.2) is 4.79 Å². The van der Waals surface area contributed by atoms with E-state index in [2.05, 4.69) is 5.32 Å². The lowest BCUT2D eigenvalue weighted by molar-refractivity contribution is -0.137. The molecular formula is C16H17F3N2OS. The van der Waals surface area contributed by atoms with Crippen LogP contribution in [0.1, 0.15) is 24.5 Å². The van der Waals surface area contributed by atoms with Gasteiger partial charge in [-0.1, -0.05) is 13.0 Å². The van der Waals surface area contributed by atoms with Crippen LogP contribution >= 0.6 is 11.3 Å². The Morgan fingerprint density at radius 2 is 2.09 bits per heavy atom. The third kappa shape index (κ3) is 4.99. The fraction of sp³-hybridized carbons (Fsp3) is 0.312. The normalized spacial score (nSPS) is 11.3. The van der Waals surface area contributed by atoms with Crippen LogP contribution in [0.3, 0.4) is 0 Å². The second kappa shape index (κ2) is 7.50. The van der Waals surface area contributed by atoms with E-state index in [-0.39, 0.29) is 5.69 Å². The van der Waals surface area contributed by atoms with Crippen molar-refractivity contribution in [1.29, 1.82) is 0 Å². The van der Waals surface area contributed by atoms with Crippen molar-refractivity contribution in [3.8, 4) is 0 Å². The quantitative estimate of drug-likeness (QED) is 0.795. The molecule has 0 aliphatic carbocycles. The maximum atomic E-state index is 12.7. The first-order valence-corrected chi connectivity index (χ1v) is 8.08. The highest BCUT2D eigenvalue weighted by atomic mass is 32.1. The minimum atomic E-state index is -4.43. The van der Waals surface area contributed by atoms with Crippen LogP contribution in [0, 0.1) is 0 Å². The minimum absolute atomic E-state index is 0.135. The lowest BCUT2D eigenvalue weighted by Gasteiger charge is -2.22. The van der Waals surface area contributed by atoms with Crippen molar-refractivity contribution in [2.75, 3.05) is 11.9 Å². The van der Waals surface area contributed by atoms with Crippen LogP contribution in [0.2, 0.25) is 0 Å². The van der Waals surface area contributed by atoms with E-state index in [1.807, 2.05) is 23.8 Å². The minimum Gasteiger partial charge on any atom is -0.320 e. The molecule has 0 saturated carbocycles. The summed E-state index contributed by atoms with van der Waals surface area (Å²) < 4.78 is 38.1. The molecule has 2 amide bonds. The Bertz CT molecular complexity index is 641. The van der Waals surface area contributed by atoms with E-state index in [9.17, 15) is 18.0 Å². The first-order valence-electron chi connectivity index (χ1n) is 7.14. The fourth-order valence-electron chi connectivity index (χ4n) is 2.10. The Hall–Kier alpha value is -2.02. The number of carbonyl (C=O) groups excluding carboxylic acids is 1. The van der Waals surface area contributed by atoms with E-state index in [1.54, 1.807) is 4.90 Å². The number of anilines is 1. The van der Waals surface area contributed by atoms with Crippen molar-refractivity contribution in [3.05, 3.63) is 52.2 Å². The van der Waals surface area contributed by atoms with Gasteiger partial charge in [-0.3, -0.25) is 0 Å². The highest BCUT2D eigenvalue weighted by Crippen LogP contribution is 2.30. The molecular weight excluding hydrogens is 325 g/mol. The third-order valence-electron chi connectivity index (χ3n) is 3.18. The second-order valence-electron chi connectivity index (χ2n) is 5.06. The monoisotopic (exact) mass is 342 g/mol. The Balaban J connectivity index is 2.09. The molecule has 23 heavy (non-hydrogen) atoms. The summed E-state index contributed by atoms with van der Waals surface area (Å²) in [6.45, 7) is 2.90. The molecule has 0 unspecified atom stereocenters. The van der Waals surface area contributed by atoms with Crippen molar-refractivity contribution < 1.29 is 18.0 Å². The molecule has 0 aliphatic rings. The van der Waals surface area contributed by atoms with Crippen LogP contribution in [0.15, 0.2) is 41.1 Å². The summed E-state index contributed by atoms with van der Waals surface area (Å²) in [4.78, 5) is 13.9. The Labute approximate surface area is 136 Å². The van der Waals surface area contributed by atoms with E-state index in [0.29, 0.717) is 13.1 Å². The zero-order chi connectivity index (χ0) is 16.9. The summed E-state index contributed by atoms with van der Waals surface area (Å²) in [5.41, 5.74) is 0.356. The fourth-order valence-corrected chi connectivity index (χ4v) is 2.76. The Kier molecular flexibility index (Phi) is 5.65. The molecule has 1 N–H and O–H groups in total. The molecule has 0 spiro atoms. The molecule has 7 heteroatoms. The van der Waals surface area contributed by atoms with Gasteiger partial charge in [-0.05, 0) is 47.0 Å². The van der Waals surface area contributed by atoms with Gasteiger partial charge in [0.15, 0.2) is 0 Å². The van der Waals surface area contributed by atoms with Gasteiger partial charge in [0, 0.05) is 18.8 Å². The first kappa shape index (κ1) is 17.3. The largest absolute Gasteiger partial charge is 0.416 e. The lowest BCUT2D eigenvalue weighted by atomic mass is 10.2. The van der Waals surface area contributed by atoms with Crippen LogP contribution in [-0.2, 0) is 12.7 Å². The predicted molar refractivity (Wildman–Crippen MR) is 85.5 cm³/mol. The van der Waals surface area contributed by atoms with Gasteiger partial charge in [0.2, 0.25) is 0 Å². The van der Waals surface area contributed by atoms with Gasteiger partial charge in [0.25, 0.3) is 0 Å². The van der Waals surface area contributed by atoms with Crippen molar-refractivity contribution >= 4 is 23.1 Å². The number of nitrogens with one attached hydrogen (secondary N) is 1. The molecule has 2 aromatic rings. The van der Waals surface area contributed by atoms with Crippen LogP contribution in [-0.4, -0.2) is 17.5 Å². The molecule has 2 rings (SSSR count). The van der Waals surface area contributed by atoms with Crippen LogP contribution in [0.25, 0.3) is 0 Å². The topological polar surface area (TPSA) is 32.3 Å². The van der Waals surface area contributed by atoms with E-state index in [0.717, 1.165) is 24.1 Å². The Morgan fingerprint density at radius 1 is 1.30 bits per heavy atom. The molecule has 1 aromatic carbocycles. The number of carbonyl (C=O) groups is 1. The van der Waals surface area contributed by atoms with Crippen molar-refractivity contribution in [2.24, 2.45) is 0 Å². The van der Waals surface area contributed by atoms with E-state index >= 15 is 0 Å². The van der Waals surface area contributed by atoms with Crippen LogP contribution < -0.4 is 5.32 Å². The average Bonchev–Trinajstić information content (AvgIpc) is 2.99. The summed E-state index contributed by atoms with van der Waals surface area (Å²) in [6.07, 6.45) is -3.67. The van der Waals surface area contributed by atoms with Crippen molar-refractivity contribution in [3.63, 3.8) is 0 Å². The number of rotatable bonds is 5. The van der Waals surface area contributed by atoms with E-state index in [1.165, 1.54) is 23.5 Å². The smallest absolute Gasteiger partial charge is 0.320 e. The maximum absolute atomic E-state index is 12.7. The van der Waals surface area contributed by atoms with Gasteiger partial charge in [-0.15, -0.1) is 0 Å². The number of benzene rings is 1. The molecule has 0 fully saturated rings. The molecule has 3 nitrogen and oxygen atoms in total. The number of hydrogen-bond acceptors (Lipinski definition) is 2. The predicted octanol–water partition coefficient (Wildman–Crippen LogP) is 5.21. The van der Waals surface area contributed by atoms with E-state index in [4.69, 9.17) is 0 Å². The molecule has 124 valence electrons. The number of hydrogen-bond donors (Lipinski definition) is 1. The van der Waals surface area contributed by atoms with Gasteiger partial charge < -0.3 is 10.2 Å². The molecule has 0 saturated heterocycles. The van der Waals surface area contributed by atoms with Gasteiger partial charge in [-0.2, -0.15) is 24.5 Å². The van der Waals surface area contributed by atoms with Crippen LogP contribution in [0.5, 0.6) is 0 Å².